The molecule has 0 aliphatic heterocycles. The van der Waals surface area contributed by atoms with Crippen LogP contribution in [0.4, 0.5) is 0 Å². The molecule has 0 radical (unpaired) electrons. The van der Waals surface area contributed by atoms with Crippen molar-refractivity contribution in [3.8, 4) is 0 Å². The van der Waals surface area contributed by atoms with Gasteiger partial charge in [0, 0.05) is 45.0 Å². The van der Waals surface area contributed by atoms with E-state index in [9.17, 15) is 4.79 Å². The number of rotatable bonds is 3. The molecule has 0 aliphatic rings. The Bertz CT molecular complexity index is 895. The lowest BCUT2D eigenvalue weighted by Crippen LogP contribution is -2.36. The minimum atomic E-state index is 0.00205. The standard InChI is InChI=1S/C17H17ClN2O/c1-11-12-5-4-6-13-15(18)8-7-14(16(12)13)17(21)20(11)10-9-19(2)3/h4-8H,1,9-10H2,2-3H3. The van der Waals surface area contributed by atoms with Crippen LogP contribution in [0.5, 0.6) is 0 Å². The van der Waals surface area contributed by atoms with Crippen molar-refractivity contribution < 1.29 is 0 Å². The molecule has 0 N–H and O–H groups in total. The molecule has 0 saturated carbocycles. The van der Waals surface area contributed by atoms with Crippen LogP contribution >= 0.6 is 11.6 Å². The SMILES string of the molecule is C=c1c2cccc3c(Cl)ccc(c(=O)n1CCN(C)C)c32. The molecule has 3 nitrogen and oxygen atoms in total. The van der Waals surface area contributed by atoms with Crippen molar-refractivity contribution in [1.82, 2.24) is 9.47 Å². The minimum Gasteiger partial charge on any atom is -0.308 e. The molecule has 1 aromatic heterocycles. The van der Waals surface area contributed by atoms with Gasteiger partial charge in [0.15, 0.2) is 0 Å². The summed E-state index contributed by atoms with van der Waals surface area (Å²) in [4.78, 5) is 14.8. The first-order valence-electron chi connectivity index (χ1n) is 6.88. The van der Waals surface area contributed by atoms with Crippen molar-refractivity contribution in [1.29, 1.82) is 0 Å². The Morgan fingerprint density at radius 2 is 1.86 bits per heavy atom. The Morgan fingerprint density at radius 1 is 1.14 bits per heavy atom. The third-order valence-electron chi connectivity index (χ3n) is 3.87. The van der Waals surface area contributed by atoms with Crippen LogP contribution in [0.2, 0.25) is 5.02 Å². The fourth-order valence-corrected chi connectivity index (χ4v) is 2.96. The highest BCUT2D eigenvalue weighted by Gasteiger charge is 2.12. The van der Waals surface area contributed by atoms with E-state index in [0.717, 1.165) is 28.1 Å². The fraction of sp³-hybridized carbons (Fsp3) is 0.235. The summed E-state index contributed by atoms with van der Waals surface area (Å²) in [5, 5.41) is 4.94. The van der Waals surface area contributed by atoms with Gasteiger partial charge in [-0.15, -0.1) is 0 Å². The molecule has 0 amide bonds. The smallest absolute Gasteiger partial charge is 0.258 e. The molecule has 0 saturated heterocycles. The van der Waals surface area contributed by atoms with E-state index in [1.807, 2.05) is 38.4 Å². The van der Waals surface area contributed by atoms with E-state index in [1.54, 1.807) is 10.6 Å². The molecule has 3 rings (SSSR count). The lowest BCUT2D eigenvalue weighted by atomic mass is 10.0. The summed E-state index contributed by atoms with van der Waals surface area (Å²) in [5.41, 5.74) is 0.00205. The normalized spacial score (nSPS) is 11.8. The summed E-state index contributed by atoms with van der Waals surface area (Å²) >= 11 is 6.26. The van der Waals surface area contributed by atoms with Crippen molar-refractivity contribution in [2.75, 3.05) is 20.6 Å². The average molecular weight is 301 g/mol. The van der Waals surface area contributed by atoms with Crippen molar-refractivity contribution in [3.63, 3.8) is 0 Å². The monoisotopic (exact) mass is 300 g/mol. The summed E-state index contributed by atoms with van der Waals surface area (Å²) in [5.74, 6) is 0. The van der Waals surface area contributed by atoms with Crippen molar-refractivity contribution >= 4 is 39.7 Å². The van der Waals surface area contributed by atoms with Crippen LogP contribution in [0.1, 0.15) is 0 Å². The van der Waals surface area contributed by atoms with Crippen molar-refractivity contribution in [2.45, 2.75) is 6.54 Å². The Labute approximate surface area is 128 Å². The summed E-state index contributed by atoms with van der Waals surface area (Å²) in [6.07, 6.45) is 0. The average Bonchev–Trinajstić information content (AvgIpc) is 2.45. The van der Waals surface area contributed by atoms with Crippen LogP contribution in [0, 0.1) is 0 Å². The first kappa shape index (κ1) is 14.1. The number of pyridine rings is 1. The van der Waals surface area contributed by atoms with Crippen molar-refractivity contribution in [2.24, 2.45) is 0 Å². The third-order valence-corrected chi connectivity index (χ3v) is 4.20. The lowest BCUT2D eigenvalue weighted by molar-refractivity contribution is 0.379. The lowest BCUT2D eigenvalue weighted by Gasteiger charge is -2.15. The van der Waals surface area contributed by atoms with E-state index in [-0.39, 0.29) is 5.56 Å². The number of hydrogen-bond acceptors (Lipinski definition) is 2. The van der Waals surface area contributed by atoms with Gasteiger partial charge in [0.05, 0.1) is 0 Å². The molecule has 0 spiro atoms. The molecular formula is C17H17ClN2O. The molecule has 0 fully saturated rings. The van der Waals surface area contributed by atoms with Gasteiger partial charge in [-0.1, -0.05) is 36.4 Å². The van der Waals surface area contributed by atoms with Gasteiger partial charge in [-0.2, -0.15) is 0 Å². The molecule has 2 aromatic carbocycles. The van der Waals surface area contributed by atoms with Crippen LogP contribution in [-0.4, -0.2) is 30.1 Å². The number of benzene rings is 2. The van der Waals surface area contributed by atoms with Gasteiger partial charge in [0.1, 0.15) is 0 Å². The topological polar surface area (TPSA) is 25.2 Å². The summed E-state index contributed by atoms with van der Waals surface area (Å²) < 4.78 is 1.75. The van der Waals surface area contributed by atoms with E-state index < -0.39 is 0 Å². The molecular weight excluding hydrogens is 284 g/mol. The van der Waals surface area contributed by atoms with E-state index in [4.69, 9.17) is 11.6 Å². The maximum atomic E-state index is 12.7. The number of nitrogens with zero attached hydrogens (tertiary/aromatic N) is 2. The second-order valence-corrected chi connectivity index (χ2v) is 5.94. The van der Waals surface area contributed by atoms with E-state index >= 15 is 0 Å². The predicted molar refractivity (Wildman–Crippen MR) is 90.0 cm³/mol. The highest BCUT2D eigenvalue weighted by molar-refractivity contribution is 6.37. The molecule has 0 unspecified atom stereocenters. The van der Waals surface area contributed by atoms with Gasteiger partial charge in [-0.25, -0.2) is 0 Å². The number of halogens is 1. The zero-order chi connectivity index (χ0) is 15.1. The van der Waals surface area contributed by atoms with E-state index in [0.29, 0.717) is 17.0 Å². The minimum absolute atomic E-state index is 0.00205. The Morgan fingerprint density at radius 3 is 2.57 bits per heavy atom. The van der Waals surface area contributed by atoms with Gasteiger partial charge >= 0.3 is 0 Å². The van der Waals surface area contributed by atoms with Gasteiger partial charge in [-0.3, -0.25) is 4.79 Å². The maximum Gasteiger partial charge on any atom is 0.258 e. The molecule has 0 bridgehead atoms. The van der Waals surface area contributed by atoms with Crippen LogP contribution in [0.25, 0.3) is 28.1 Å². The number of aromatic nitrogens is 1. The Kier molecular flexibility index (Phi) is 3.47. The quantitative estimate of drug-likeness (QED) is 0.742. The first-order valence-corrected chi connectivity index (χ1v) is 7.25. The molecule has 4 heteroatoms. The van der Waals surface area contributed by atoms with E-state index in [2.05, 4.69) is 11.5 Å². The van der Waals surface area contributed by atoms with E-state index in [1.165, 1.54) is 0 Å². The molecule has 21 heavy (non-hydrogen) atoms. The van der Waals surface area contributed by atoms with Gasteiger partial charge in [-0.05, 0) is 26.2 Å². The zero-order valence-corrected chi connectivity index (χ0v) is 12.9. The zero-order valence-electron chi connectivity index (χ0n) is 12.2. The van der Waals surface area contributed by atoms with Crippen LogP contribution in [-0.2, 0) is 6.54 Å². The van der Waals surface area contributed by atoms with Crippen LogP contribution < -0.4 is 10.9 Å². The Balaban J connectivity index is 2.41. The number of hydrogen-bond donors (Lipinski definition) is 0. The molecule has 0 atom stereocenters. The Hall–Kier alpha value is -1.84. The first-order chi connectivity index (χ1) is 10.0. The predicted octanol–water partition coefficient (Wildman–Crippen LogP) is 2.50. The molecule has 1 heterocycles. The second kappa shape index (κ2) is 5.17. The fourth-order valence-electron chi connectivity index (χ4n) is 2.74. The second-order valence-electron chi connectivity index (χ2n) is 5.53. The molecule has 3 aromatic rings. The largest absolute Gasteiger partial charge is 0.308 e. The van der Waals surface area contributed by atoms with Gasteiger partial charge in [0.2, 0.25) is 0 Å². The van der Waals surface area contributed by atoms with Crippen molar-refractivity contribution in [3.05, 3.63) is 51.1 Å². The third kappa shape index (κ3) is 2.23. The summed E-state index contributed by atoms with van der Waals surface area (Å²) in [7, 11) is 3.98. The van der Waals surface area contributed by atoms with Gasteiger partial charge in [0.25, 0.3) is 5.56 Å². The molecule has 0 aliphatic carbocycles. The maximum absolute atomic E-state index is 12.7. The number of likely N-dealkylation sites (N-methyl/N-ethyl adjacent to an activating group) is 1. The van der Waals surface area contributed by atoms with Gasteiger partial charge < -0.3 is 9.47 Å². The highest BCUT2D eigenvalue weighted by atomic mass is 35.5. The molecule has 108 valence electrons. The summed E-state index contributed by atoms with van der Waals surface area (Å²) in [6.45, 7) is 5.54. The van der Waals surface area contributed by atoms with Crippen LogP contribution in [0.15, 0.2) is 35.1 Å². The highest BCUT2D eigenvalue weighted by Crippen LogP contribution is 2.28. The summed E-state index contributed by atoms with van der Waals surface area (Å²) in [6, 6.07) is 9.50. The van der Waals surface area contributed by atoms with Crippen LogP contribution in [0.3, 0.4) is 0 Å².